The molecule has 0 saturated carbocycles. The molecule has 3 heterocycles. The van der Waals surface area contributed by atoms with Crippen molar-refractivity contribution < 1.29 is 113 Å². The molecule has 8 unspecified atom stereocenters. The molecule has 3 aliphatic heterocycles. The molecule has 0 aromatic carbocycles. The van der Waals surface area contributed by atoms with Gasteiger partial charge in [-0.3, -0.25) is 33.6 Å². The Morgan fingerprint density at radius 1 is 0.457 bits per heavy atom. The summed E-state index contributed by atoms with van der Waals surface area (Å²) >= 11 is 0. The number of hydrogen-bond acceptors (Lipinski definition) is 23. The molecule has 28 heteroatoms. The van der Waals surface area contributed by atoms with E-state index in [-0.39, 0.29) is 86.6 Å². The van der Waals surface area contributed by atoms with E-state index in [9.17, 15) is 79.5 Å². The van der Waals surface area contributed by atoms with Gasteiger partial charge in [0.25, 0.3) is 0 Å². The van der Waals surface area contributed by atoms with Gasteiger partial charge in [-0.1, -0.05) is 46.0 Å². The maximum Gasteiger partial charge on any atom is 0.223 e. The van der Waals surface area contributed by atoms with Gasteiger partial charge in [0.1, 0.15) is 54.6 Å². The third-order valence-corrected chi connectivity index (χ3v) is 17.0. The lowest BCUT2D eigenvalue weighted by Crippen LogP contribution is -2.64. The molecule has 0 spiro atoms. The van der Waals surface area contributed by atoms with Gasteiger partial charge in [-0.25, -0.2) is 0 Å². The summed E-state index contributed by atoms with van der Waals surface area (Å²) in [5.41, 5.74) is 0. The molecule has 534 valence electrons. The third kappa shape index (κ3) is 31.7. The number of rotatable bonds is 50. The summed E-state index contributed by atoms with van der Waals surface area (Å²) in [7, 11) is 0. The summed E-state index contributed by atoms with van der Waals surface area (Å²) in [5.74, 6) is -3.53. The van der Waals surface area contributed by atoms with Gasteiger partial charge in [0.2, 0.25) is 29.5 Å². The van der Waals surface area contributed by atoms with Gasteiger partial charge in [0.15, 0.2) is 24.7 Å². The van der Waals surface area contributed by atoms with Gasteiger partial charge < -0.3 is 106 Å². The van der Waals surface area contributed by atoms with E-state index in [0.29, 0.717) is 155 Å². The Balaban J connectivity index is 1.56. The average Bonchev–Trinajstić information content (AvgIpc) is 0.990. The number of aliphatic hydroxyl groups excluding tert-OH is 9. The van der Waals surface area contributed by atoms with Crippen LogP contribution in [0.1, 0.15) is 189 Å². The van der Waals surface area contributed by atoms with Gasteiger partial charge in [0.05, 0.1) is 50.8 Å². The van der Waals surface area contributed by atoms with E-state index in [1.165, 1.54) is 6.92 Å². The predicted octanol–water partition coefficient (Wildman–Crippen LogP) is 0.505. The highest BCUT2D eigenvalue weighted by Gasteiger charge is 2.46. The van der Waals surface area contributed by atoms with Crippen molar-refractivity contribution in [2.24, 2.45) is 17.8 Å². The van der Waals surface area contributed by atoms with E-state index in [1.54, 1.807) is 13.8 Å². The fourth-order valence-electron chi connectivity index (χ4n) is 11.2. The second-order valence-electron chi connectivity index (χ2n) is 25.1. The molecule has 3 fully saturated rings. The van der Waals surface area contributed by atoms with Crippen LogP contribution >= 0.6 is 0 Å². The summed E-state index contributed by atoms with van der Waals surface area (Å²) in [6, 6.07) is -2.00. The zero-order valence-corrected chi connectivity index (χ0v) is 55.2. The number of aliphatic hydroxyl groups is 9. The maximum atomic E-state index is 14.4. The monoisotopic (exact) mass is 1320 g/mol. The fourth-order valence-corrected chi connectivity index (χ4v) is 11.2. The molecule has 0 aromatic rings. The van der Waals surface area contributed by atoms with Crippen LogP contribution in [-0.2, 0) is 66.7 Å². The van der Waals surface area contributed by atoms with E-state index in [4.69, 9.17) is 33.2 Å². The van der Waals surface area contributed by atoms with Gasteiger partial charge in [-0.2, -0.15) is 0 Å². The summed E-state index contributed by atoms with van der Waals surface area (Å²) in [5, 5.41) is 105. The SMILES string of the molecule is CC(=O)NC1[C@H](OCCCCCC(=O)NCCCCC(CC(=O)C(CCCCNC(=O)CCCCCO[C@@H]2OC(CO)[C@H](O)[C@H](O)C2C)NC(=O)CCCCCO[C@@H]2OC(CO)[C@H](O)[C@H](O)C2C)C(=O)NCCCCCC(=O)CCOC(C)C)OC(CO)[C@H](O)[C@@H]1O. The predicted molar refractivity (Wildman–Crippen MR) is 333 cm³/mol. The minimum Gasteiger partial charge on any atom is -0.394 e. The Hall–Kier alpha value is -3.95. The van der Waals surface area contributed by atoms with Crippen molar-refractivity contribution >= 4 is 41.1 Å². The van der Waals surface area contributed by atoms with Crippen LogP contribution < -0.4 is 26.6 Å². The molecular formula is C64H115N5O23. The Labute approximate surface area is 543 Å². The smallest absolute Gasteiger partial charge is 0.223 e. The largest absolute Gasteiger partial charge is 0.394 e. The van der Waals surface area contributed by atoms with Gasteiger partial charge in [-0.15, -0.1) is 0 Å². The number of unbranched alkanes of at least 4 members (excludes halogenated alkanes) is 10. The second kappa shape index (κ2) is 47.0. The lowest BCUT2D eigenvalue weighted by Gasteiger charge is -2.42. The van der Waals surface area contributed by atoms with Gasteiger partial charge >= 0.3 is 0 Å². The minimum atomic E-state index is -1.43. The van der Waals surface area contributed by atoms with E-state index in [0.717, 1.165) is 0 Å². The van der Waals surface area contributed by atoms with Crippen LogP contribution in [0.5, 0.6) is 0 Å². The minimum absolute atomic E-state index is 0.0353. The number of nitrogens with one attached hydrogen (secondary N) is 5. The number of carbonyl (C=O) groups is 7. The van der Waals surface area contributed by atoms with Crippen molar-refractivity contribution in [2.75, 3.05) is 65.9 Å². The first-order chi connectivity index (χ1) is 44.0. The van der Waals surface area contributed by atoms with Gasteiger partial charge in [-0.05, 0) is 97.3 Å². The molecule has 0 bridgehead atoms. The van der Waals surface area contributed by atoms with Crippen molar-refractivity contribution in [3.8, 4) is 0 Å². The Morgan fingerprint density at radius 3 is 1.37 bits per heavy atom. The van der Waals surface area contributed by atoms with Crippen LogP contribution in [0, 0.1) is 17.8 Å². The number of ketones is 2. The number of Topliss-reactive ketones (excluding diaryl/α,β-unsaturated/α-hetero) is 2. The number of hydrogen-bond donors (Lipinski definition) is 14. The van der Waals surface area contributed by atoms with E-state index >= 15 is 0 Å². The lowest BCUT2D eigenvalue weighted by molar-refractivity contribution is -0.282. The topological polar surface area (TPSA) is 426 Å². The summed E-state index contributed by atoms with van der Waals surface area (Å²) in [6.07, 6.45) is -2.70. The molecule has 17 atom stereocenters. The molecule has 3 aliphatic rings. The van der Waals surface area contributed by atoms with Crippen molar-refractivity contribution in [1.29, 1.82) is 0 Å². The highest BCUT2D eigenvalue weighted by atomic mass is 16.7. The molecule has 3 rings (SSSR count). The van der Waals surface area contributed by atoms with Gasteiger partial charge in [0, 0.05) is 103 Å². The summed E-state index contributed by atoms with van der Waals surface area (Å²) in [4.78, 5) is 91.6. The van der Waals surface area contributed by atoms with E-state index < -0.39 is 129 Å². The first-order valence-corrected chi connectivity index (χ1v) is 33.8. The average molecular weight is 1320 g/mol. The van der Waals surface area contributed by atoms with Crippen molar-refractivity contribution in [2.45, 2.75) is 281 Å². The number of amides is 5. The van der Waals surface area contributed by atoms with Crippen molar-refractivity contribution in [3.63, 3.8) is 0 Å². The summed E-state index contributed by atoms with van der Waals surface area (Å²) in [6.45, 7) is 8.91. The standard InChI is InChI=1S/C64H115N5O23/c1-40(2)86-35-28-45(74)23-10-6-16-31-67-61(85)44(22-14-17-29-65-51(76)26-12-8-21-34-89-64-54(68-43(5)73)60(84)59(83)50(39-72)92-64)36-47(75)46(69-53(78)27-13-9-20-33-88-63-42(4)56(80)58(82)49(38-71)91-63)24-15-18-30-66-52(77)25-11-7-19-32-87-62-41(3)55(79)57(81)48(37-70)90-62/h40-42,44,46,48-50,54-60,62-64,70-72,79-84H,6-39H2,1-5H3,(H,65,76)(H,66,77)(H,67,85)(H,68,73)(H,69,78)/t41?,42?,44?,46?,48?,49?,50?,54?,55-,56-,57+,58+,59+,60-,62-,63-,64-/m1/s1. The molecule has 28 nitrogen and oxygen atoms in total. The quantitative estimate of drug-likeness (QED) is 0.0369. The number of ether oxygens (including phenoxy) is 7. The molecular weight excluding hydrogens is 1210 g/mol. The van der Waals surface area contributed by atoms with Crippen LogP contribution in [-0.4, -0.2) is 245 Å². The van der Waals surface area contributed by atoms with Crippen LogP contribution in [0.2, 0.25) is 0 Å². The fraction of sp³-hybridized carbons (Fsp3) is 0.891. The third-order valence-electron chi connectivity index (χ3n) is 17.0. The normalized spacial score (nSPS) is 27.2. The highest BCUT2D eigenvalue weighted by Crippen LogP contribution is 2.29. The van der Waals surface area contributed by atoms with Crippen molar-refractivity contribution in [1.82, 2.24) is 26.6 Å². The Kier molecular flexibility index (Phi) is 42.1. The Bertz CT molecular complexity index is 2100. The maximum absolute atomic E-state index is 14.4. The molecule has 5 amide bonds. The summed E-state index contributed by atoms with van der Waals surface area (Å²) < 4.78 is 39.7. The molecule has 3 saturated heterocycles. The van der Waals surface area contributed by atoms with Crippen molar-refractivity contribution in [3.05, 3.63) is 0 Å². The molecule has 0 aromatic heterocycles. The second-order valence-corrected chi connectivity index (χ2v) is 25.1. The Morgan fingerprint density at radius 2 is 0.880 bits per heavy atom. The van der Waals surface area contributed by atoms with Crippen LogP contribution in [0.4, 0.5) is 0 Å². The number of carbonyl (C=O) groups excluding carboxylic acids is 7. The first kappa shape index (κ1) is 82.3. The van der Waals surface area contributed by atoms with Crippen LogP contribution in [0.15, 0.2) is 0 Å². The molecule has 0 radical (unpaired) electrons. The zero-order chi connectivity index (χ0) is 68.0. The molecule has 14 N–H and O–H groups in total. The van der Waals surface area contributed by atoms with E-state index in [2.05, 4.69) is 26.6 Å². The first-order valence-electron chi connectivity index (χ1n) is 33.8. The van der Waals surface area contributed by atoms with Crippen LogP contribution in [0.25, 0.3) is 0 Å². The zero-order valence-electron chi connectivity index (χ0n) is 55.2. The molecule has 0 aliphatic carbocycles. The van der Waals surface area contributed by atoms with E-state index in [1.807, 2.05) is 13.8 Å². The van der Waals surface area contributed by atoms with Crippen LogP contribution in [0.3, 0.4) is 0 Å². The highest BCUT2D eigenvalue weighted by molar-refractivity contribution is 5.92. The lowest BCUT2D eigenvalue weighted by atomic mass is 9.91. The molecule has 92 heavy (non-hydrogen) atoms.